The summed E-state index contributed by atoms with van der Waals surface area (Å²) in [6, 6.07) is 13.7. The number of non-ortho nitro benzene ring substituents is 1. The second-order valence-electron chi connectivity index (χ2n) is 5.80. The van der Waals surface area contributed by atoms with E-state index in [-0.39, 0.29) is 28.5 Å². The predicted octanol–water partition coefficient (Wildman–Crippen LogP) is 2.84. The highest BCUT2D eigenvalue weighted by molar-refractivity contribution is 9.10. The molecule has 0 fully saturated rings. The minimum absolute atomic E-state index is 0.0182. The van der Waals surface area contributed by atoms with E-state index < -0.39 is 20.9 Å². The highest BCUT2D eigenvalue weighted by Gasteiger charge is 2.38. The molecule has 1 heterocycles. The summed E-state index contributed by atoms with van der Waals surface area (Å²) >= 11 is 3.33. The summed E-state index contributed by atoms with van der Waals surface area (Å²) in [5, 5.41) is 20.2. The highest BCUT2D eigenvalue weighted by atomic mass is 79.9. The lowest BCUT2D eigenvalue weighted by Crippen LogP contribution is -2.32. The van der Waals surface area contributed by atoms with Gasteiger partial charge in [0.25, 0.3) is 15.7 Å². The van der Waals surface area contributed by atoms with Gasteiger partial charge in [-0.2, -0.15) is 5.26 Å². The van der Waals surface area contributed by atoms with Crippen LogP contribution < -0.4 is 5.73 Å². The molecule has 0 aliphatic carbocycles. The Hall–Kier alpha value is -2.90. The van der Waals surface area contributed by atoms with Crippen molar-refractivity contribution in [2.45, 2.75) is 10.8 Å². The molecule has 8 nitrogen and oxygen atoms in total. The molecule has 10 heteroatoms. The maximum atomic E-state index is 12.9. The van der Waals surface area contributed by atoms with Gasteiger partial charge in [0, 0.05) is 29.1 Å². The van der Waals surface area contributed by atoms with Gasteiger partial charge in [-0.25, -0.2) is 8.42 Å². The van der Waals surface area contributed by atoms with Crippen LogP contribution in [0, 0.1) is 21.4 Å². The van der Waals surface area contributed by atoms with Crippen LogP contribution in [0.2, 0.25) is 0 Å². The van der Waals surface area contributed by atoms with Crippen molar-refractivity contribution in [2.75, 3.05) is 6.54 Å². The number of nitro groups is 1. The molecular weight excluding hydrogens is 436 g/mol. The minimum atomic E-state index is -4.05. The number of rotatable bonds is 4. The molecule has 0 bridgehead atoms. The largest absolute Gasteiger partial charge is 0.384 e. The van der Waals surface area contributed by atoms with E-state index in [2.05, 4.69) is 15.9 Å². The first-order valence-electron chi connectivity index (χ1n) is 7.68. The van der Waals surface area contributed by atoms with E-state index in [9.17, 15) is 23.8 Å². The van der Waals surface area contributed by atoms with Gasteiger partial charge in [-0.05, 0) is 29.8 Å². The number of nitro benzene ring substituents is 1. The van der Waals surface area contributed by atoms with Gasteiger partial charge < -0.3 is 5.73 Å². The maximum Gasteiger partial charge on any atom is 0.269 e. The van der Waals surface area contributed by atoms with E-state index >= 15 is 0 Å². The zero-order valence-corrected chi connectivity index (χ0v) is 16.1. The molecule has 1 atom stereocenters. The number of nitriles is 1. The molecule has 138 valence electrons. The first-order chi connectivity index (χ1) is 12.8. The van der Waals surface area contributed by atoms with Crippen molar-refractivity contribution in [2.24, 2.45) is 5.73 Å². The lowest BCUT2D eigenvalue weighted by atomic mass is 9.94. The van der Waals surface area contributed by atoms with Crippen molar-refractivity contribution in [3.05, 3.63) is 80.1 Å². The predicted molar refractivity (Wildman–Crippen MR) is 101 cm³/mol. The van der Waals surface area contributed by atoms with Crippen molar-refractivity contribution in [1.29, 1.82) is 5.26 Å². The Morgan fingerprint density at radius 3 is 2.30 bits per heavy atom. The monoisotopic (exact) mass is 448 g/mol. The third-order valence-electron chi connectivity index (χ3n) is 4.27. The summed E-state index contributed by atoms with van der Waals surface area (Å²) < 4.78 is 27.7. The normalized spacial score (nSPS) is 17.0. The first kappa shape index (κ1) is 18.9. The van der Waals surface area contributed by atoms with Crippen LogP contribution in [0.25, 0.3) is 0 Å². The number of nitrogens with zero attached hydrogens (tertiary/aromatic N) is 3. The fourth-order valence-electron chi connectivity index (χ4n) is 2.87. The summed E-state index contributed by atoms with van der Waals surface area (Å²) in [5.74, 6) is -0.625. The molecule has 0 spiro atoms. The summed E-state index contributed by atoms with van der Waals surface area (Å²) in [7, 11) is -4.05. The third-order valence-corrected chi connectivity index (χ3v) is 6.59. The van der Waals surface area contributed by atoms with Gasteiger partial charge in [-0.3, -0.25) is 14.4 Å². The van der Waals surface area contributed by atoms with E-state index in [1.807, 2.05) is 6.07 Å². The van der Waals surface area contributed by atoms with E-state index in [0.717, 1.165) is 38.6 Å². The number of sulfonamides is 1. The molecule has 3 rings (SSSR count). The molecule has 0 radical (unpaired) electrons. The second-order valence-corrected chi connectivity index (χ2v) is 8.58. The lowest BCUT2D eigenvalue weighted by molar-refractivity contribution is -0.384. The molecule has 0 aromatic heterocycles. The van der Waals surface area contributed by atoms with Gasteiger partial charge in [-0.15, -0.1) is 0 Å². The average molecular weight is 449 g/mol. The number of nitrogens with two attached hydrogens (primary N) is 1. The zero-order valence-electron chi connectivity index (χ0n) is 13.7. The standard InChI is InChI=1S/C17H13BrN4O4S/c18-12-3-1-11(2-4-12)16-10-21(17(20)15(16)9-19)27(25,26)14-7-5-13(6-8-14)22(23)24/h1-8,16H,10,20H2. The summed E-state index contributed by atoms with van der Waals surface area (Å²) in [5.41, 5.74) is 6.69. The molecule has 1 aliphatic rings. The molecule has 2 N–H and O–H groups in total. The van der Waals surface area contributed by atoms with Crippen LogP contribution in [0.4, 0.5) is 5.69 Å². The van der Waals surface area contributed by atoms with E-state index in [0.29, 0.717) is 0 Å². The van der Waals surface area contributed by atoms with Crippen LogP contribution >= 0.6 is 15.9 Å². The second kappa shape index (κ2) is 7.02. The molecule has 0 amide bonds. The number of halogens is 1. The molecule has 1 unspecified atom stereocenters. The lowest BCUT2D eigenvalue weighted by Gasteiger charge is -2.20. The SMILES string of the molecule is N#CC1=C(N)N(S(=O)(=O)c2ccc([N+](=O)[O-])cc2)CC1c1ccc(Br)cc1. The van der Waals surface area contributed by atoms with Gasteiger partial charge >= 0.3 is 0 Å². The Morgan fingerprint density at radius 2 is 1.78 bits per heavy atom. The Morgan fingerprint density at radius 1 is 1.19 bits per heavy atom. The average Bonchev–Trinajstić information content (AvgIpc) is 2.99. The Bertz CT molecular complexity index is 1070. The first-order valence-corrected chi connectivity index (χ1v) is 9.91. The smallest absolute Gasteiger partial charge is 0.269 e. The Labute approximate surface area is 163 Å². The van der Waals surface area contributed by atoms with E-state index in [1.54, 1.807) is 24.3 Å². The van der Waals surface area contributed by atoms with E-state index in [4.69, 9.17) is 5.73 Å². The van der Waals surface area contributed by atoms with Crippen molar-refractivity contribution in [3.63, 3.8) is 0 Å². The molecule has 27 heavy (non-hydrogen) atoms. The highest BCUT2D eigenvalue weighted by Crippen LogP contribution is 2.37. The molecule has 2 aromatic carbocycles. The van der Waals surface area contributed by atoms with Gasteiger partial charge in [0.05, 0.1) is 21.5 Å². The van der Waals surface area contributed by atoms with Crippen molar-refractivity contribution in [3.8, 4) is 6.07 Å². The van der Waals surface area contributed by atoms with Gasteiger partial charge in [0.2, 0.25) is 0 Å². The molecule has 1 aliphatic heterocycles. The quantitative estimate of drug-likeness (QED) is 0.564. The molecule has 0 saturated carbocycles. The van der Waals surface area contributed by atoms with Crippen LogP contribution in [0.5, 0.6) is 0 Å². The van der Waals surface area contributed by atoms with Crippen LogP contribution in [-0.4, -0.2) is 24.2 Å². The van der Waals surface area contributed by atoms with E-state index in [1.165, 1.54) is 0 Å². The van der Waals surface area contributed by atoms with Crippen LogP contribution in [0.15, 0.2) is 69.3 Å². The summed E-state index contributed by atoms with van der Waals surface area (Å²) in [6.45, 7) is -0.0182. The Kier molecular flexibility index (Phi) is 4.91. The fourth-order valence-corrected chi connectivity index (χ4v) is 4.57. The van der Waals surface area contributed by atoms with Gasteiger partial charge in [0.1, 0.15) is 5.82 Å². The van der Waals surface area contributed by atoms with Crippen molar-refractivity contribution >= 4 is 31.6 Å². The Balaban J connectivity index is 1.99. The zero-order chi connectivity index (χ0) is 19.8. The number of hydrogen-bond acceptors (Lipinski definition) is 6. The fraction of sp³-hybridized carbons (Fsp3) is 0.118. The molecule has 0 saturated heterocycles. The molecular formula is C17H13BrN4O4S. The van der Waals surface area contributed by atoms with Crippen LogP contribution in [-0.2, 0) is 10.0 Å². The van der Waals surface area contributed by atoms with Gasteiger partial charge in [-0.1, -0.05) is 28.1 Å². The number of benzene rings is 2. The summed E-state index contributed by atoms with van der Waals surface area (Å²) in [6.07, 6.45) is 0. The maximum absolute atomic E-state index is 12.9. The number of hydrogen-bond donors (Lipinski definition) is 1. The van der Waals surface area contributed by atoms with Crippen molar-refractivity contribution in [1.82, 2.24) is 4.31 Å². The van der Waals surface area contributed by atoms with Crippen LogP contribution in [0.1, 0.15) is 11.5 Å². The summed E-state index contributed by atoms with van der Waals surface area (Å²) in [4.78, 5) is 10.0. The van der Waals surface area contributed by atoms with Crippen molar-refractivity contribution < 1.29 is 13.3 Å². The minimum Gasteiger partial charge on any atom is -0.384 e. The third kappa shape index (κ3) is 3.39. The van der Waals surface area contributed by atoms with Gasteiger partial charge in [0.15, 0.2) is 0 Å². The topological polar surface area (TPSA) is 130 Å². The van der Waals surface area contributed by atoms with Crippen LogP contribution in [0.3, 0.4) is 0 Å². The molecule has 2 aromatic rings.